The van der Waals surface area contributed by atoms with Crippen molar-refractivity contribution in [2.75, 3.05) is 18.0 Å². The standard InChI is InChI=1S/C19H32N2/c1-7-19(8-2)13-21(18(12-20-19)14(3)4)17-10-15(5)9-16(6)11-17/h9-11,14,18,20H,7-8,12-13H2,1-6H3. The number of rotatable bonds is 4. The number of hydrogen-bond donors (Lipinski definition) is 1. The summed E-state index contributed by atoms with van der Waals surface area (Å²) in [5, 5.41) is 3.85. The first-order chi connectivity index (χ1) is 9.90. The Morgan fingerprint density at radius 1 is 1.14 bits per heavy atom. The molecule has 1 aliphatic rings. The van der Waals surface area contributed by atoms with E-state index in [4.69, 9.17) is 0 Å². The zero-order valence-electron chi connectivity index (χ0n) is 14.7. The van der Waals surface area contributed by atoms with Crippen LogP contribution >= 0.6 is 0 Å². The Morgan fingerprint density at radius 3 is 2.19 bits per heavy atom. The molecule has 0 spiro atoms. The molecule has 1 aromatic rings. The SMILES string of the molecule is CCC1(CC)CN(c2cc(C)cc(C)c2)C(C(C)C)CN1. The summed E-state index contributed by atoms with van der Waals surface area (Å²) in [6.07, 6.45) is 2.38. The largest absolute Gasteiger partial charge is 0.365 e. The maximum Gasteiger partial charge on any atom is 0.0438 e. The van der Waals surface area contributed by atoms with E-state index in [9.17, 15) is 0 Å². The predicted octanol–water partition coefficient (Wildman–Crippen LogP) is 4.30. The van der Waals surface area contributed by atoms with Crippen molar-refractivity contribution < 1.29 is 0 Å². The van der Waals surface area contributed by atoms with Gasteiger partial charge in [0.05, 0.1) is 0 Å². The number of anilines is 1. The van der Waals surface area contributed by atoms with E-state index in [1.165, 1.54) is 29.7 Å². The Hall–Kier alpha value is -1.02. The second-order valence-electron chi connectivity index (χ2n) is 7.15. The minimum atomic E-state index is 0.267. The fourth-order valence-corrected chi connectivity index (χ4v) is 3.65. The lowest BCUT2D eigenvalue weighted by molar-refractivity contribution is 0.227. The molecule has 2 nitrogen and oxygen atoms in total. The van der Waals surface area contributed by atoms with E-state index in [1.807, 2.05) is 0 Å². The summed E-state index contributed by atoms with van der Waals surface area (Å²) in [6.45, 7) is 15.9. The van der Waals surface area contributed by atoms with Gasteiger partial charge in [0, 0.05) is 30.4 Å². The van der Waals surface area contributed by atoms with Gasteiger partial charge in [-0.1, -0.05) is 33.8 Å². The number of nitrogens with one attached hydrogen (secondary N) is 1. The Morgan fingerprint density at radius 2 is 1.71 bits per heavy atom. The van der Waals surface area contributed by atoms with Gasteiger partial charge >= 0.3 is 0 Å². The highest BCUT2D eigenvalue weighted by molar-refractivity contribution is 5.53. The molecule has 1 saturated heterocycles. The summed E-state index contributed by atoms with van der Waals surface area (Å²) in [5.41, 5.74) is 4.40. The van der Waals surface area contributed by atoms with Crippen LogP contribution < -0.4 is 10.2 Å². The molecule has 1 heterocycles. The molecule has 0 radical (unpaired) electrons. The van der Waals surface area contributed by atoms with Crippen molar-refractivity contribution in [1.29, 1.82) is 0 Å². The van der Waals surface area contributed by atoms with E-state index >= 15 is 0 Å². The molecular weight excluding hydrogens is 256 g/mol. The van der Waals surface area contributed by atoms with Gasteiger partial charge in [-0.05, 0) is 55.9 Å². The molecule has 1 fully saturated rings. The first kappa shape index (κ1) is 16.4. The third-order valence-electron chi connectivity index (χ3n) is 5.22. The highest BCUT2D eigenvalue weighted by atomic mass is 15.3. The Balaban J connectivity index is 2.37. The average Bonchev–Trinajstić information content (AvgIpc) is 2.45. The van der Waals surface area contributed by atoms with Crippen LogP contribution in [0.1, 0.15) is 51.7 Å². The summed E-state index contributed by atoms with van der Waals surface area (Å²) >= 11 is 0. The maximum atomic E-state index is 3.85. The molecule has 1 atom stereocenters. The lowest BCUT2D eigenvalue weighted by Gasteiger charge is -2.50. The number of aryl methyl sites for hydroxylation is 2. The van der Waals surface area contributed by atoms with Gasteiger partial charge in [-0.3, -0.25) is 0 Å². The van der Waals surface area contributed by atoms with Crippen LogP contribution in [0.4, 0.5) is 5.69 Å². The summed E-state index contributed by atoms with van der Waals surface area (Å²) in [5.74, 6) is 0.657. The normalized spacial score (nSPS) is 21.9. The second kappa shape index (κ2) is 6.39. The molecule has 1 N–H and O–H groups in total. The smallest absolute Gasteiger partial charge is 0.0438 e. The number of nitrogens with zero attached hydrogens (tertiary/aromatic N) is 1. The molecule has 0 aliphatic carbocycles. The molecule has 1 aromatic carbocycles. The van der Waals surface area contributed by atoms with Gasteiger partial charge in [0.15, 0.2) is 0 Å². The number of hydrogen-bond acceptors (Lipinski definition) is 2. The molecule has 0 amide bonds. The highest BCUT2D eigenvalue weighted by Crippen LogP contribution is 2.31. The average molecular weight is 288 g/mol. The maximum absolute atomic E-state index is 3.85. The molecule has 0 bridgehead atoms. The molecule has 1 aliphatic heterocycles. The molecule has 1 unspecified atom stereocenters. The summed E-state index contributed by atoms with van der Waals surface area (Å²) in [6, 6.07) is 7.55. The molecule has 0 aromatic heterocycles. The van der Waals surface area contributed by atoms with Crippen molar-refractivity contribution in [3.05, 3.63) is 29.3 Å². The van der Waals surface area contributed by atoms with Crippen LogP contribution in [0.5, 0.6) is 0 Å². The Bertz CT molecular complexity index is 454. The van der Waals surface area contributed by atoms with Gasteiger partial charge in [0.25, 0.3) is 0 Å². The van der Waals surface area contributed by atoms with Crippen LogP contribution in [0, 0.1) is 19.8 Å². The Kier molecular flexibility index (Phi) is 4.98. The van der Waals surface area contributed by atoms with Crippen molar-refractivity contribution in [3.8, 4) is 0 Å². The second-order valence-corrected chi connectivity index (χ2v) is 7.15. The molecule has 118 valence electrons. The molecule has 2 rings (SSSR count). The topological polar surface area (TPSA) is 15.3 Å². The monoisotopic (exact) mass is 288 g/mol. The number of benzene rings is 1. The third kappa shape index (κ3) is 3.42. The van der Waals surface area contributed by atoms with Gasteiger partial charge in [0.2, 0.25) is 0 Å². The number of piperazine rings is 1. The lowest BCUT2D eigenvalue weighted by Crippen LogP contribution is -2.65. The summed E-state index contributed by atoms with van der Waals surface area (Å²) in [7, 11) is 0. The minimum absolute atomic E-state index is 0.267. The van der Waals surface area contributed by atoms with Gasteiger partial charge in [0.1, 0.15) is 0 Å². The van der Waals surface area contributed by atoms with E-state index in [1.54, 1.807) is 0 Å². The molecule has 2 heteroatoms. The Labute approximate surface area is 130 Å². The minimum Gasteiger partial charge on any atom is -0.365 e. The molecular formula is C19H32N2. The fraction of sp³-hybridized carbons (Fsp3) is 0.684. The van der Waals surface area contributed by atoms with Crippen LogP contribution in [0.3, 0.4) is 0 Å². The van der Waals surface area contributed by atoms with Crippen molar-refractivity contribution in [1.82, 2.24) is 5.32 Å². The summed E-state index contributed by atoms with van der Waals surface area (Å²) in [4.78, 5) is 2.66. The zero-order chi connectivity index (χ0) is 15.6. The van der Waals surface area contributed by atoms with Crippen LogP contribution in [0.15, 0.2) is 18.2 Å². The molecule has 21 heavy (non-hydrogen) atoms. The van der Waals surface area contributed by atoms with E-state index in [0.29, 0.717) is 12.0 Å². The van der Waals surface area contributed by atoms with Crippen LogP contribution in [-0.4, -0.2) is 24.7 Å². The predicted molar refractivity (Wildman–Crippen MR) is 93.2 cm³/mol. The van der Waals surface area contributed by atoms with Crippen LogP contribution in [0.2, 0.25) is 0 Å². The van der Waals surface area contributed by atoms with Crippen LogP contribution in [0.25, 0.3) is 0 Å². The van der Waals surface area contributed by atoms with Crippen LogP contribution in [-0.2, 0) is 0 Å². The van der Waals surface area contributed by atoms with Gasteiger partial charge in [-0.2, -0.15) is 0 Å². The fourth-order valence-electron chi connectivity index (χ4n) is 3.65. The van der Waals surface area contributed by atoms with E-state index < -0.39 is 0 Å². The highest BCUT2D eigenvalue weighted by Gasteiger charge is 2.37. The van der Waals surface area contributed by atoms with Gasteiger partial charge in [-0.15, -0.1) is 0 Å². The van der Waals surface area contributed by atoms with Crippen molar-refractivity contribution in [2.24, 2.45) is 5.92 Å². The summed E-state index contributed by atoms with van der Waals surface area (Å²) < 4.78 is 0. The van der Waals surface area contributed by atoms with E-state index in [-0.39, 0.29) is 5.54 Å². The first-order valence-electron chi connectivity index (χ1n) is 8.50. The third-order valence-corrected chi connectivity index (χ3v) is 5.22. The quantitative estimate of drug-likeness (QED) is 0.889. The van der Waals surface area contributed by atoms with E-state index in [0.717, 1.165) is 13.1 Å². The first-order valence-corrected chi connectivity index (χ1v) is 8.50. The van der Waals surface area contributed by atoms with Gasteiger partial charge in [-0.25, -0.2) is 0 Å². The van der Waals surface area contributed by atoms with E-state index in [2.05, 4.69) is 70.0 Å². The lowest BCUT2D eigenvalue weighted by atomic mass is 9.85. The zero-order valence-corrected chi connectivity index (χ0v) is 14.7. The van der Waals surface area contributed by atoms with Gasteiger partial charge < -0.3 is 10.2 Å². The van der Waals surface area contributed by atoms with Crippen molar-refractivity contribution in [3.63, 3.8) is 0 Å². The molecule has 0 saturated carbocycles. The van der Waals surface area contributed by atoms with Crippen molar-refractivity contribution >= 4 is 5.69 Å². The van der Waals surface area contributed by atoms with Crippen molar-refractivity contribution in [2.45, 2.75) is 66.0 Å².